The van der Waals surface area contributed by atoms with E-state index in [9.17, 15) is 14.0 Å². The van der Waals surface area contributed by atoms with Crippen LogP contribution >= 0.6 is 0 Å². The van der Waals surface area contributed by atoms with E-state index in [0.29, 0.717) is 17.1 Å². The lowest BCUT2D eigenvalue weighted by Crippen LogP contribution is -2.29. The number of halogens is 2. The van der Waals surface area contributed by atoms with Gasteiger partial charge in [-0.3, -0.25) is 24.2 Å². The third-order valence-electron chi connectivity index (χ3n) is 5.90. The summed E-state index contributed by atoms with van der Waals surface area (Å²) in [6.07, 6.45) is 11.1. The van der Waals surface area contributed by atoms with Crippen molar-refractivity contribution in [2.75, 3.05) is 10.6 Å². The Morgan fingerprint density at radius 2 is 1.93 bits per heavy atom. The molecule has 0 fully saturated rings. The first-order chi connectivity index (χ1) is 19.8. The molecule has 41 heavy (non-hydrogen) atoms. The van der Waals surface area contributed by atoms with Gasteiger partial charge >= 0.3 is 0 Å². The summed E-state index contributed by atoms with van der Waals surface area (Å²) in [5.41, 5.74) is 1.56. The number of nitrogens with two attached hydrogens (primary N) is 1. The molecule has 0 unspecified atom stereocenters. The first-order valence-corrected chi connectivity index (χ1v) is 12.3. The zero-order valence-electron chi connectivity index (χ0n) is 21.6. The largest absolute Gasteiger partial charge is 0.452 e. The van der Waals surface area contributed by atoms with Crippen LogP contribution in [0.4, 0.5) is 20.2 Å². The molecule has 4 aromatic rings. The van der Waals surface area contributed by atoms with Crippen LogP contribution in [-0.4, -0.2) is 26.5 Å². The Labute approximate surface area is 232 Å². The number of aromatic nitrogens is 3. The fraction of sp³-hybridized carbons (Fsp3) is 0.0345. The van der Waals surface area contributed by atoms with Crippen LogP contribution < -0.4 is 31.7 Å². The summed E-state index contributed by atoms with van der Waals surface area (Å²) in [7, 11) is 1.79. The second-order valence-electron chi connectivity index (χ2n) is 8.83. The molecule has 10 nitrogen and oxygen atoms in total. The van der Waals surface area contributed by atoms with Gasteiger partial charge in [0, 0.05) is 55.2 Å². The summed E-state index contributed by atoms with van der Waals surface area (Å²) in [5, 5.41) is 18.4. The van der Waals surface area contributed by atoms with E-state index in [1.807, 2.05) is 0 Å². The fourth-order valence-corrected chi connectivity index (χ4v) is 3.97. The van der Waals surface area contributed by atoms with Crippen molar-refractivity contribution in [3.8, 4) is 11.4 Å². The first-order valence-electron chi connectivity index (χ1n) is 12.3. The molecular formula is C29H24F2N7O3+. The quantitative estimate of drug-likeness (QED) is 0.247. The summed E-state index contributed by atoms with van der Waals surface area (Å²) in [4.78, 5) is 25.8. The summed E-state index contributed by atoms with van der Waals surface area (Å²) in [6.45, 7) is 0. The van der Waals surface area contributed by atoms with E-state index in [4.69, 9.17) is 10.1 Å². The van der Waals surface area contributed by atoms with Gasteiger partial charge in [0.15, 0.2) is 23.5 Å². The highest BCUT2D eigenvalue weighted by atomic mass is 19.1. The first kappa shape index (κ1) is 26.8. The third-order valence-corrected chi connectivity index (χ3v) is 5.90. The maximum absolute atomic E-state index is 15.1. The number of rotatable bonds is 8. The van der Waals surface area contributed by atoms with E-state index in [0.717, 1.165) is 11.8 Å². The second kappa shape index (κ2) is 11.5. The van der Waals surface area contributed by atoms with E-state index in [1.165, 1.54) is 65.5 Å². The number of nitrogens with zero attached hydrogens (tertiary/aromatic N) is 3. The number of hydrogen-bond acceptors (Lipinski definition) is 6. The predicted molar refractivity (Wildman–Crippen MR) is 149 cm³/mol. The molecule has 0 saturated carbocycles. The molecule has 2 aromatic heterocycles. The monoisotopic (exact) mass is 556 g/mol. The number of nitrogens with one attached hydrogen (secondary N) is 3. The van der Waals surface area contributed by atoms with Gasteiger partial charge in [-0.05, 0) is 48.5 Å². The minimum atomic E-state index is -0.757. The topological polar surface area (TPSA) is 128 Å². The molecule has 206 valence electrons. The molecule has 5 rings (SSSR count). The van der Waals surface area contributed by atoms with Crippen LogP contribution in [-0.2, 0) is 7.05 Å². The zero-order valence-corrected chi connectivity index (χ0v) is 21.6. The molecule has 3 heterocycles. The van der Waals surface area contributed by atoms with Crippen molar-refractivity contribution < 1.29 is 23.7 Å². The normalized spacial score (nSPS) is 13.6. The number of hydrogen-bond donors (Lipinski definition) is 4. The van der Waals surface area contributed by atoms with Crippen LogP contribution in [0.2, 0.25) is 0 Å². The molecule has 0 aliphatic carbocycles. The van der Waals surface area contributed by atoms with Gasteiger partial charge in [0.2, 0.25) is 0 Å². The lowest BCUT2D eigenvalue weighted by Gasteiger charge is -2.19. The summed E-state index contributed by atoms with van der Waals surface area (Å²) < 4.78 is 37.1. The van der Waals surface area contributed by atoms with Crippen LogP contribution in [0.3, 0.4) is 0 Å². The van der Waals surface area contributed by atoms with E-state index >= 15 is 4.39 Å². The van der Waals surface area contributed by atoms with E-state index in [-0.39, 0.29) is 22.8 Å². The molecule has 0 atom stereocenters. The van der Waals surface area contributed by atoms with E-state index < -0.39 is 23.1 Å². The van der Waals surface area contributed by atoms with Crippen molar-refractivity contribution in [2.45, 2.75) is 0 Å². The van der Waals surface area contributed by atoms with E-state index in [1.54, 1.807) is 42.5 Å². The van der Waals surface area contributed by atoms with Gasteiger partial charge < -0.3 is 20.7 Å². The Kier molecular flexibility index (Phi) is 7.54. The molecule has 12 heteroatoms. The number of ether oxygens (including phenoxy) is 1. The second-order valence-corrected chi connectivity index (χ2v) is 8.83. The maximum atomic E-state index is 15.1. The Balaban J connectivity index is 1.33. The number of carbonyl (C=O) groups excluding carboxylic acids is 1. The van der Waals surface area contributed by atoms with Gasteiger partial charge in [-0.25, -0.2) is 8.78 Å². The molecule has 0 saturated heterocycles. The highest BCUT2D eigenvalue weighted by Gasteiger charge is 2.18. The van der Waals surface area contributed by atoms with Gasteiger partial charge in [0.25, 0.3) is 11.5 Å². The number of allylic oxidation sites excluding steroid dienone is 2. The highest BCUT2D eigenvalue weighted by molar-refractivity contribution is 6.04. The van der Waals surface area contributed by atoms with Crippen molar-refractivity contribution in [3.05, 3.63) is 136 Å². The number of benzene rings is 2. The smallest absolute Gasteiger partial charge is 0.267 e. The van der Waals surface area contributed by atoms with Crippen LogP contribution in [0.5, 0.6) is 5.75 Å². The van der Waals surface area contributed by atoms with Crippen molar-refractivity contribution >= 4 is 23.5 Å². The lowest BCUT2D eigenvalue weighted by atomic mass is 10.2. The third kappa shape index (κ3) is 6.11. The number of carbonyl (C=O) groups is 1. The summed E-state index contributed by atoms with van der Waals surface area (Å²) >= 11 is 0. The van der Waals surface area contributed by atoms with Crippen LogP contribution in [0.15, 0.2) is 113 Å². The SMILES string of the molecule is Cn1cc(NC2=CN/C(=C\C=[NH2+])C(Oc3ccc(NC(=O)c4cccn(-c5ccc(F)cc5)c4=O)cc3F)=C2)cn1. The number of dihydropyridines is 1. The van der Waals surface area contributed by atoms with Gasteiger partial charge in [-0.2, -0.15) is 5.10 Å². The standard InChI is InChI=1S/C29H23F2N7O3/c1-37-17-21(16-34-37)35-20-14-27(25(10-11-32)33-15-20)41-26-9-6-19(13-24(26)31)36-28(39)23-3-2-12-38(29(23)40)22-7-4-18(30)5-8-22/h2-17,32-33,35H,1H3,(H,36,39)/p+1/b25-10-,32-11?. The van der Waals surface area contributed by atoms with Crippen LogP contribution in [0, 0.1) is 11.6 Å². The zero-order chi connectivity index (χ0) is 28.9. The van der Waals surface area contributed by atoms with Crippen LogP contribution in [0.25, 0.3) is 5.69 Å². The predicted octanol–water partition coefficient (Wildman–Crippen LogP) is 2.63. The summed E-state index contributed by atoms with van der Waals surface area (Å²) in [5.74, 6) is -1.78. The Bertz CT molecular complexity index is 1790. The molecule has 1 amide bonds. The van der Waals surface area contributed by atoms with Crippen molar-refractivity contribution in [1.82, 2.24) is 19.7 Å². The lowest BCUT2D eigenvalue weighted by molar-refractivity contribution is -0.104. The van der Waals surface area contributed by atoms with E-state index in [2.05, 4.69) is 21.0 Å². The average molecular weight is 557 g/mol. The van der Waals surface area contributed by atoms with Gasteiger partial charge in [0.05, 0.1) is 23.3 Å². The molecular weight excluding hydrogens is 532 g/mol. The average Bonchev–Trinajstić information content (AvgIpc) is 3.36. The summed E-state index contributed by atoms with van der Waals surface area (Å²) in [6, 6.07) is 12.0. The van der Waals surface area contributed by atoms with Crippen molar-refractivity contribution in [3.63, 3.8) is 0 Å². The fourth-order valence-electron chi connectivity index (χ4n) is 3.97. The molecule has 1 aliphatic rings. The minimum absolute atomic E-state index is 0.108. The Hall–Kier alpha value is -5.78. The van der Waals surface area contributed by atoms with Gasteiger partial charge in [-0.1, -0.05) is 0 Å². The highest BCUT2D eigenvalue weighted by Crippen LogP contribution is 2.27. The Morgan fingerprint density at radius 3 is 2.63 bits per heavy atom. The molecule has 1 aliphatic heterocycles. The minimum Gasteiger partial charge on any atom is -0.452 e. The molecule has 2 aromatic carbocycles. The van der Waals surface area contributed by atoms with Gasteiger partial charge in [0.1, 0.15) is 11.4 Å². The van der Waals surface area contributed by atoms with Crippen molar-refractivity contribution in [2.24, 2.45) is 7.05 Å². The molecule has 0 radical (unpaired) electrons. The number of pyridine rings is 1. The van der Waals surface area contributed by atoms with Gasteiger partial charge in [-0.15, -0.1) is 0 Å². The molecule has 5 N–H and O–H groups in total. The number of aryl methyl sites for hydroxylation is 1. The van der Waals surface area contributed by atoms with Crippen molar-refractivity contribution in [1.29, 1.82) is 0 Å². The maximum Gasteiger partial charge on any atom is 0.267 e. The number of anilines is 2. The Morgan fingerprint density at radius 1 is 1.12 bits per heavy atom. The number of amides is 1. The molecule has 0 spiro atoms. The molecule has 0 bridgehead atoms. The van der Waals surface area contributed by atoms with Crippen LogP contribution in [0.1, 0.15) is 10.4 Å².